The maximum Gasteiger partial charge on any atom is 0.169 e. The van der Waals surface area contributed by atoms with Crippen molar-refractivity contribution >= 4 is 5.78 Å². The van der Waals surface area contributed by atoms with Crippen molar-refractivity contribution < 1.29 is 32.4 Å². The predicted octanol–water partition coefficient (Wildman–Crippen LogP) is 0.699. The molecular weight excluding hydrogens is 398 g/mol. The lowest BCUT2D eigenvalue weighted by molar-refractivity contribution is -0.731. The van der Waals surface area contributed by atoms with Crippen molar-refractivity contribution in [3.8, 4) is 5.75 Å². The van der Waals surface area contributed by atoms with Crippen LogP contribution in [0.1, 0.15) is 47.0 Å². The molecule has 0 aliphatic heterocycles. The SMILES string of the molecule is COc1cccc(C(=O)CC([NH2+]C(C)C(O)c2ccccc2)c2ccccc2)c1.[Cl-]. The number of halogens is 1. The van der Waals surface area contributed by atoms with Gasteiger partial charge < -0.3 is 27.6 Å². The summed E-state index contributed by atoms with van der Waals surface area (Å²) in [6, 6.07) is 26.6. The minimum absolute atomic E-state index is 0. The smallest absolute Gasteiger partial charge is 0.169 e. The fourth-order valence-electron chi connectivity index (χ4n) is 3.54. The normalized spacial score (nSPS) is 13.6. The number of ketones is 1. The lowest BCUT2D eigenvalue weighted by atomic mass is 9.95. The van der Waals surface area contributed by atoms with Crippen LogP contribution in [0.25, 0.3) is 0 Å². The number of ether oxygens (including phenoxy) is 1. The van der Waals surface area contributed by atoms with Crippen molar-refractivity contribution in [3.63, 3.8) is 0 Å². The number of aliphatic hydroxyl groups is 1. The second-order valence-electron chi connectivity index (χ2n) is 7.28. The summed E-state index contributed by atoms with van der Waals surface area (Å²) in [6.45, 7) is 1.99. The van der Waals surface area contributed by atoms with E-state index in [-0.39, 0.29) is 30.3 Å². The molecule has 0 saturated heterocycles. The van der Waals surface area contributed by atoms with E-state index in [1.54, 1.807) is 13.2 Å². The number of Topliss-reactive ketones (excluding diaryl/α,β-unsaturated/α-hetero) is 1. The van der Waals surface area contributed by atoms with Gasteiger partial charge in [0.2, 0.25) is 0 Å². The van der Waals surface area contributed by atoms with Crippen LogP contribution < -0.4 is 22.5 Å². The van der Waals surface area contributed by atoms with E-state index in [1.165, 1.54) is 0 Å². The van der Waals surface area contributed by atoms with Crippen molar-refractivity contribution in [2.24, 2.45) is 0 Å². The average Bonchev–Trinajstić information content (AvgIpc) is 2.79. The summed E-state index contributed by atoms with van der Waals surface area (Å²) in [6.07, 6.45) is -0.280. The Balaban J connectivity index is 0.00000320. The summed E-state index contributed by atoms with van der Waals surface area (Å²) in [5.74, 6) is 0.722. The van der Waals surface area contributed by atoms with Gasteiger partial charge >= 0.3 is 0 Å². The lowest BCUT2D eigenvalue weighted by Gasteiger charge is -2.24. The van der Waals surface area contributed by atoms with Crippen LogP contribution in [0.3, 0.4) is 0 Å². The van der Waals surface area contributed by atoms with E-state index < -0.39 is 6.10 Å². The molecule has 0 aliphatic carbocycles. The maximum atomic E-state index is 13.0. The first kappa shape index (κ1) is 23.6. The average molecular weight is 426 g/mol. The number of aliphatic hydroxyl groups excluding tert-OH is 1. The maximum absolute atomic E-state index is 13.0. The van der Waals surface area contributed by atoms with Crippen molar-refractivity contribution in [1.82, 2.24) is 0 Å². The lowest BCUT2D eigenvalue weighted by Crippen LogP contribution is -3.00. The first-order valence-corrected chi connectivity index (χ1v) is 9.88. The van der Waals surface area contributed by atoms with Gasteiger partial charge in [-0.1, -0.05) is 72.8 Å². The molecule has 0 spiro atoms. The van der Waals surface area contributed by atoms with Crippen molar-refractivity contribution in [2.75, 3.05) is 7.11 Å². The van der Waals surface area contributed by atoms with Gasteiger partial charge in [-0.05, 0) is 24.6 Å². The predicted molar refractivity (Wildman–Crippen MR) is 114 cm³/mol. The molecule has 3 N–H and O–H groups in total. The summed E-state index contributed by atoms with van der Waals surface area (Å²) in [5, 5.41) is 12.9. The van der Waals surface area contributed by atoms with E-state index in [0.29, 0.717) is 17.7 Å². The van der Waals surface area contributed by atoms with E-state index in [1.807, 2.05) is 85.8 Å². The van der Waals surface area contributed by atoms with E-state index in [4.69, 9.17) is 4.74 Å². The molecule has 0 heterocycles. The summed E-state index contributed by atoms with van der Waals surface area (Å²) in [5.41, 5.74) is 2.58. The van der Waals surface area contributed by atoms with Crippen LogP contribution in [0.2, 0.25) is 0 Å². The zero-order valence-electron chi connectivity index (χ0n) is 17.2. The van der Waals surface area contributed by atoms with Gasteiger partial charge in [0.15, 0.2) is 5.78 Å². The highest BCUT2D eigenvalue weighted by atomic mass is 35.5. The Bertz CT molecular complexity index is 918. The molecule has 3 rings (SSSR count). The largest absolute Gasteiger partial charge is 1.00 e. The van der Waals surface area contributed by atoms with Crippen LogP contribution in [-0.4, -0.2) is 24.0 Å². The third-order valence-electron chi connectivity index (χ3n) is 5.20. The fourth-order valence-corrected chi connectivity index (χ4v) is 3.54. The Morgan fingerprint density at radius 2 is 1.53 bits per heavy atom. The second kappa shape index (κ2) is 11.5. The number of nitrogens with two attached hydrogens (primary N) is 1. The van der Waals surface area contributed by atoms with Gasteiger partial charge in [0.1, 0.15) is 23.9 Å². The van der Waals surface area contributed by atoms with Crippen LogP contribution in [0.5, 0.6) is 5.75 Å². The quantitative estimate of drug-likeness (QED) is 0.496. The van der Waals surface area contributed by atoms with Gasteiger partial charge in [0.25, 0.3) is 0 Å². The zero-order chi connectivity index (χ0) is 20.6. The Morgan fingerprint density at radius 1 is 0.933 bits per heavy atom. The monoisotopic (exact) mass is 425 g/mol. The summed E-state index contributed by atoms with van der Waals surface area (Å²) < 4.78 is 5.25. The third kappa shape index (κ3) is 6.17. The number of carbonyl (C=O) groups excluding carboxylic acids is 1. The molecule has 0 fully saturated rings. The highest BCUT2D eigenvalue weighted by Crippen LogP contribution is 2.21. The van der Waals surface area contributed by atoms with E-state index in [2.05, 4.69) is 5.32 Å². The molecule has 3 atom stereocenters. The summed E-state index contributed by atoms with van der Waals surface area (Å²) in [4.78, 5) is 13.0. The minimum Gasteiger partial charge on any atom is -1.00 e. The third-order valence-corrected chi connectivity index (χ3v) is 5.20. The molecule has 0 bridgehead atoms. The van der Waals surface area contributed by atoms with Gasteiger partial charge in [-0.15, -0.1) is 0 Å². The van der Waals surface area contributed by atoms with Crippen LogP contribution in [0.15, 0.2) is 84.9 Å². The van der Waals surface area contributed by atoms with Gasteiger partial charge in [-0.25, -0.2) is 0 Å². The number of quaternary nitrogens is 1. The second-order valence-corrected chi connectivity index (χ2v) is 7.28. The van der Waals surface area contributed by atoms with Gasteiger partial charge in [-0.2, -0.15) is 0 Å². The van der Waals surface area contributed by atoms with Crippen LogP contribution in [0, 0.1) is 0 Å². The first-order chi connectivity index (χ1) is 14.1. The highest BCUT2D eigenvalue weighted by Gasteiger charge is 2.27. The van der Waals surface area contributed by atoms with E-state index in [0.717, 1.165) is 11.1 Å². The highest BCUT2D eigenvalue weighted by molar-refractivity contribution is 5.96. The molecule has 4 nitrogen and oxygen atoms in total. The number of benzene rings is 3. The molecule has 5 heteroatoms. The number of rotatable bonds is 9. The van der Waals surface area contributed by atoms with Crippen molar-refractivity contribution in [2.45, 2.75) is 31.5 Å². The molecular formula is C25H28ClNO3. The van der Waals surface area contributed by atoms with Crippen LogP contribution >= 0.6 is 0 Å². The molecule has 0 radical (unpaired) electrons. The molecule has 3 aromatic carbocycles. The molecule has 30 heavy (non-hydrogen) atoms. The number of hydrogen-bond acceptors (Lipinski definition) is 3. The molecule has 0 aromatic heterocycles. The van der Waals surface area contributed by atoms with Crippen LogP contribution in [-0.2, 0) is 0 Å². The molecule has 158 valence electrons. The molecule has 3 aromatic rings. The van der Waals surface area contributed by atoms with Gasteiger partial charge in [-0.3, -0.25) is 4.79 Å². The number of hydrogen-bond donors (Lipinski definition) is 2. The Labute approximate surface area is 184 Å². The van der Waals surface area contributed by atoms with Gasteiger partial charge in [0, 0.05) is 11.1 Å². The number of carbonyl (C=O) groups is 1. The zero-order valence-corrected chi connectivity index (χ0v) is 18.0. The van der Waals surface area contributed by atoms with E-state index >= 15 is 0 Å². The standard InChI is InChI=1S/C25H27NO3.ClH/c1-18(25(28)20-12-7-4-8-13-20)26-23(19-10-5-3-6-11-19)17-24(27)21-14-9-15-22(16-21)29-2;/h3-16,18,23,25-26,28H,17H2,1-2H3;1H. The van der Waals surface area contributed by atoms with Crippen molar-refractivity contribution in [1.29, 1.82) is 0 Å². The molecule has 0 saturated carbocycles. The summed E-state index contributed by atoms with van der Waals surface area (Å²) in [7, 11) is 1.59. The first-order valence-electron chi connectivity index (χ1n) is 9.88. The Hall–Kier alpha value is -2.66. The molecule has 0 aliphatic rings. The topological polar surface area (TPSA) is 63.1 Å². The fraction of sp³-hybridized carbons (Fsp3) is 0.240. The Kier molecular flexibility index (Phi) is 9.06. The molecule has 3 unspecified atom stereocenters. The van der Waals surface area contributed by atoms with Crippen LogP contribution in [0.4, 0.5) is 0 Å². The van der Waals surface area contributed by atoms with Crippen molar-refractivity contribution in [3.05, 3.63) is 102 Å². The van der Waals surface area contributed by atoms with Gasteiger partial charge in [0.05, 0.1) is 13.5 Å². The number of methoxy groups -OCH3 is 1. The molecule has 0 amide bonds. The summed E-state index contributed by atoms with van der Waals surface area (Å²) >= 11 is 0. The minimum atomic E-state index is -0.616. The van der Waals surface area contributed by atoms with E-state index in [9.17, 15) is 9.90 Å². The Morgan fingerprint density at radius 3 is 2.13 bits per heavy atom.